The van der Waals surface area contributed by atoms with Crippen LogP contribution in [0.15, 0.2) is 30.5 Å². The second kappa shape index (κ2) is 10.4. The summed E-state index contributed by atoms with van der Waals surface area (Å²) < 4.78 is 11.7. The van der Waals surface area contributed by atoms with Crippen molar-refractivity contribution in [3.05, 3.63) is 36.0 Å². The number of methoxy groups -OCH3 is 1. The first-order chi connectivity index (χ1) is 16.1. The number of rotatable bonds is 8. The van der Waals surface area contributed by atoms with Gasteiger partial charge in [-0.25, -0.2) is 5.06 Å². The molecule has 2 aromatic carbocycles. The van der Waals surface area contributed by atoms with E-state index in [-0.39, 0.29) is 6.00 Å². The Hall–Kier alpha value is -2.83. The number of nitriles is 1. The number of halogens is 1. The van der Waals surface area contributed by atoms with E-state index in [1.807, 2.05) is 24.3 Å². The average Bonchev–Trinajstić information content (AvgIpc) is 2.84. The van der Waals surface area contributed by atoms with E-state index in [4.69, 9.17) is 25.9 Å². The van der Waals surface area contributed by atoms with Crippen molar-refractivity contribution in [2.75, 3.05) is 71.7 Å². The molecule has 2 heterocycles. The Morgan fingerprint density at radius 1 is 1.09 bits per heavy atom. The number of pyridine rings is 1. The summed E-state index contributed by atoms with van der Waals surface area (Å²) in [7, 11) is 5.31. The predicted molar refractivity (Wildman–Crippen MR) is 130 cm³/mol. The molecule has 0 N–H and O–H groups in total. The summed E-state index contributed by atoms with van der Waals surface area (Å²) in [6, 6.07) is 10.1. The Morgan fingerprint density at radius 3 is 2.48 bits per heavy atom. The number of ether oxygens (including phenoxy) is 2. The lowest BCUT2D eigenvalue weighted by atomic mass is 10.0. The number of hydrogen-bond donors (Lipinski definition) is 0. The molecule has 8 nitrogen and oxygen atoms in total. The number of anilines is 1. The summed E-state index contributed by atoms with van der Waals surface area (Å²) in [6.45, 7) is 5.70. The minimum absolute atomic E-state index is 0.0750. The highest BCUT2D eigenvalue weighted by molar-refractivity contribution is 6.19. The van der Waals surface area contributed by atoms with Crippen molar-refractivity contribution in [3.8, 4) is 17.6 Å². The summed E-state index contributed by atoms with van der Waals surface area (Å²) in [4.78, 5) is 14.6. The molecule has 0 atom stereocenters. The molecule has 0 saturated carbocycles. The first-order valence-corrected chi connectivity index (χ1v) is 11.4. The van der Waals surface area contributed by atoms with Crippen LogP contribution in [0.25, 0.3) is 21.7 Å². The summed E-state index contributed by atoms with van der Waals surface area (Å²) in [6.07, 6.45) is 1.54. The van der Waals surface area contributed by atoms with Gasteiger partial charge < -0.3 is 14.4 Å². The number of likely N-dealkylation sites (N-methyl/N-ethyl adjacent to an activating group) is 1. The van der Waals surface area contributed by atoms with Crippen LogP contribution in [0.3, 0.4) is 0 Å². The molecule has 1 fully saturated rings. The number of hydroxylamine groups is 1. The molecule has 0 spiro atoms. The fourth-order valence-corrected chi connectivity index (χ4v) is 4.33. The van der Waals surface area contributed by atoms with E-state index in [1.54, 1.807) is 7.11 Å². The monoisotopic (exact) mass is 469 g/mol. The minimum atomic E-state index is 0.0750. The van der Waals surface area contributed by atoms with E-state index in [0.29, 0.717) is 29.4 Å². The highest BCUT2D eigenvalue weighted by Crippen LogP contribution is 2.37. The lowest BCUT2D eigenvalue weighted by molar-refractivity contribution is 0.133. The molecular formula is C24H28ClN5O3. The molecule has 0 radical (unpaired) electrons. The van der Waals surface area contributed by atoms with Gasteiger partial charge in [-0.05, 0) is 42.1 Å². The number of benzene rings is 2. The molecule has 0 unspecified atom stereocenters. The van der Waals surface area contributed by atoms with E-state index >= 15 is 0 Å². The smallest absolute Gasteiger partial charge is 0.161 e. The lowest BCUT2D eigenvalue weighted by Crippen LogP contribution is -2.45. The first-order valence-electron chi connectivity index (χ1n) is 10.8. The van der Waals surface area contributed by atoms with Gasteiger partial charge in [-0.2, -0.15) is 5.26 Å². The topological polar surface area (TPSA) is 74.1 Å². The number of fused-ring (bicyclic) bond motifs is 2. The highest BCUT2D eigenvalue weighted by Gasteiger charge is 2.18. The zero-order valence-electron chi connectivity index (χ0n) is 19.2. The molecule has 174 valence electrons. The van der Waals surface area contributed by atoms with E-state index in [0.717, 1.165) is 54.4 Å². The van der Waals surface area contributed by atoms with Crippen LogP contribution in [-0.4, -0.2) is 81.4 Å². The standard InChI is InChI=1S/C24H28ClN5O3/c1-28-4-6-29(7-5-28)8-9-33-23-13-17-10-20-21(11-18(17)12-22(23)31-2)27-15-19(14-26)24(20)30(16-25)32-3/h10-13,15H,4-9,16H2,1-3H3. The van der Waals surface area contributed by atoms with Gasteiger partial charge in [-0.3, -0.25) is 14.7 Å². The molecule has 1 aliphatic rings. The molecule has 1 aromatic heterocycles. The van der Waals surface area contributed by atoms with Crippen molar-refractivity contribution in [2.24, 2.45) is 0 Å². The summed E-state index contributed by atoms with van der Waals surface area (Å²) >= 11 is 6.07. The van der Waals surface area contributed by atoms with Gasteiger partial charge in [0.25, 0.3) is 0 Å². The molecule has 3 aromatic rings. The number of alkyl halides is 1. The van der Waals surface area contributed by atoms with E-state index in [9.17, 15) is 5.26 Å². The summed E-state index contributed by atoms with van der Waals surface area (Å²) in [5.74, 6) is 1.36. The third kappa shape index (κ3) is 4.92. The van der Waals surface area contributed by atoms with Crippen molar-refractivity contribution in [1.29, 1.82) is 5.26 Å². The Labute approximate surface area is 198 Å². The second-order valence-corrected chi connectivity index (χ2v) is 8.26. The van der Waals surface area contributed by atoms with Crippen LogP contribution in [-0.2, 0) is 4.84 Å². The normalized spacial score (nSPS) is 15.0. The van der Waals surface area contributed by atoms with Crippen LogP contribution in [0.1, 0.15) is 5.56 Å². The van der Waals surface area contributed by atoms with Crippen LogP contribution in [0.5, 0.6) is 11.5 Å². The summed E-state index contributed by atoms with van der Waals surface area (Å²) in [5.41, 5.74) is 1.71. The van der Waals surface area contributed by atoms with Crippen molar-refractivity contribution in [2.45, 2.75) is 0 Å². The van der Waals surface area contributed by atoms with Gasteiger partial charge in [0.05, 0.1) is 31.0 Å². The van der Waals surface area contributed by atoms with Crippen LogP contribution in [0.4, 0.5) is 5.69 Å². The molecule has 1 saturated heterocycles. The van der Waals surface area contributed by atoms with Crippen LogP contribution in [0, 0.1) is 11.3 Å². The zero-order valence-corrected chi connectivity index (χ0v) is 19.9. The fourth-order valence-electron chi connectivity index (χ4n) is 4.11. The average molecular weight is 470 g/mol. The van der Waals surface area contributed by atoms with Crippen molar-refractivity contribution in [1.82, 2.24) is 14.8 Å². The predicted octanol–water partition coefficient (Wildman–Crippen LogP) is 3.46. The highest BCUT2D eigenvalue weighted by atomic mass is 35.5. The maximum atomic E-state index is 9.60. The molecule has 9 heteroatoms. The molecular weight excluding hydrogens is 442 g/mol. The number of piperazine rings is 1. The van der Waals surface area contributed by atoms with Gasteiger partial charge in [-0.1, -0.05) is 0 Å². The maximum Gasteiger partial charge on any atom is 0.161 e. The van der Waals surface area contributed by atoms with Gasteiger partial charge in [0.15, 0.2) is 11.5 Å². The van der Waals surface area contributed by atoms with Crippen LogP contribution in [0.2, 0.25) is 0 Å². The number of aromatic nitrogens is 1. The SMILES string of the molecule is COc1cc2cc3ncc(C#N)c(N(CCl)OC)c3cc2cc1OCCN1CCN(C)CC1. The largest absolute Gasteiger partial charge is 0.493 e. The fraction of sp³-hybridized carbons (Fsp3) is 0.417. The molecule has 33 heavy (non-hydrogen) atoms. The van der Waals surface area contributed by atoms with E-state index < -0.39 is 0 Å². The minimum Gasteiger partial charge on any atom is -0.493 e. The Balaban J connectivity index is 1.68. The molecule has 0 aliphatic carbocycles. The van der Waals surface area contributed by atoms with Gasteiger partial charge in [-0.15, -0.1) is 11.6 Å². The Kier molecular flexibility index (Phi) is 7.36. The molecule has 4 rings (SSSR count). The lowest BCUT2D eigenvalue weighted by Gasteiger charge is -2.32. The summed E-state index contributed by atoms with van der Waals surface area (Å²) in [5, 5.41) is 13.8. The van der Waals surface area contributed by atoms with Crippen LogP contribution < -0.4 is 14.5 Å². The zero-order chi connectivity index (χ0) is 23.4. The molecule has 0 bridgehead atoms. The third-order valence-corrected chi connectivity index (χ3v) is 6.26. The van der Waals surface area contributed by atoms with Crippen molar-refractivity contribution in [3.63, 3.8) is 0 Å². The first kappa shape index (κ1) is 23.3. The quantitative estimate of drug-likeness (QED) is 0.215. The van der Waals surface area contributed by atoms with Gasteiger partial charge >= 0.3 is 0 Å². The Bertz CT molecular complexity index is 1170. The van der Waals surface area contributed by atoms with Crippen LogP contribution >= 0.6 is 11.6 Å². The van der Waals surface area contributed by atoms with E-state index in [1.165, 1.54) is 18.4 Å². The van der Waals surface area contributed by atoms with Crippen molar-refractivity contribution < 1.29 is 14.3 Å². The van der Waals surface area contributed by atoms with Gasteiger partial charge in [0.2, 0.25) is 0 Å². The second-order valence-electron chi connectivity index (χ2n) is 8.03. The van der Waals surface area contributed by atoms with Gasteiger partial charge in [0, 0.05) is 44.3 Å². The molecule has 0 amide bonds. The maximum absolute atomic E-state index is 9.60. The third-order valence-electron chi connectivity index (χ3n) is 6.04. The van der Waals surface area contributed by atoms with E-state index in [2.05, 4.69) is 27.9 Å². The van der Waals surface area contributed by atoms with Crippen molar-refractivity contribution >= 4 is 39.0 Å². The number of hydrogen-bond acceptors (Lipinski definition) is 8. The molecule has 1 aliphatic heterocycles. The number of nitrogens with zero attached hydrogens (tertiary/aromatic N) is 5. The Morgan fingerprint density at radius 2 is 1.82 bits per heavy atom. The van der Waals surface area contributed by atoms with Gasteiger partial charge in [0.1, 0.15) is 18.7 Å².